The number of thioether (sulfide) groups is 1. The van der Waals surface area contributed by atoms with Crippen LogP contribution in [0, 0.1) is 0 Å². The second-order valence-electron chi connectivity index (χ2n) is 5.60. The Morgan fingerprint density at radius 3 is 2.83 bits per heavy atom. The fourth-order valence-corrected chi connectivity index (χ4v) is 4.42. The van der Waals surface area contributed by atoms with Gasteiger partial charge in [0.25, 0.3) is 0 Å². The highest BCUT2D eigenvalue weighted by Crippen LogP contribution is 2.43. The van der Waals surface area contributed by atoms with Crippen molar-refractivity contribution in [3.63, 3.8) is 0 Å². The Kier molecular flexibility index (Phi) is 7.40. The van der Waals surface area contributed by atoms with Crippen LogP contribution in [0.25, 0.3) is 0 Å². The van der Waals surface area contributed by atoms with Crippen LogP contribution in [0.1, 0.15) is 30.7 Å². The molecule has 0 radical (unpaired) electrons. The number of hydrogen-bond acceptors (Lipinski definition) is 4. The Morgan fingerprint density at radius 1 is 1.42 bits per heavy atom. The second kappa shape index (κ2) is 9.30. The lowest BCUT2D eigenvalue weighted by molar-refractivity contribution is -0.142. The zero-order valence-electron chi connectivity index (χ0n) is 14.0. The maximum absolute atomic E-state index is 12.5. The predicted octanol–water partition coefficient (Wildman–Crippen LogP) is 2.85. The van der Waals surface area contributed by atoms with E-state index in [-0.39, 0.29) is 23.8 Å². The third kappa shape index (κ3) is 4.43. The normalized spacial score (nSPS) is 20.2. The standard InChI is InChI=1S/C17H23ClN2O3S/c1-3-4-9-19-16(22)14-11-24-17(20(14)15(21)10-23-2)12-7-5-6-8-13(12)18/h5-8,14,17H,3-4,9-11H2,1-2H3,(H,19,22)/t14-,17+/m1/s1. The minimum absolute atomic E-state index is 0.0553. The molecule has 1 fully saturated rings. The van der Waals surface area contributed by atoms with Crippen LogP contribution in [0.4, 0.5) is 0 Å². The Morgan fingerprint density at radius 2 is 2.17 bits per heavy atom. The number of ether oxygens (including phenoxy) is 1. The highest BCUT2D eigenvalue weighted by atomic mass is 35.5. The lowest BCUT2D eigenvalue weighted by atomic mass is 10.1. The van der Waals surface area contributed by atoms with Gasteiger partial charge in [-0.25, -0.2) is 0 Å². The summed E-state index contributed by atoms with van der Waals surface area (Å²) in [7, 11) is 1.47. The SMILES string of the molecule is CCCCNC(=O)[C@H]1CS[C@@H](c2ccccc2Cl)N1C(=O)COC. The molecule has 5 nitrogen and oxygen atoms in total. The summed E-state index contributed by atoms with van der Waals surface area (Å²) in [5, 5.41) is 3.24. The van der Waals surface area contributed by atoms with Gasteiger partial charge in [-0.15, -0.1) is 11.8 Å². The molecule has 1 aromatic carbocycles. The van der Waals surface area contributed by atoms with E-state index in [0.29, 0.717) is 17.3 Å². The molecule has 24 heavy (non-hydrogen) atoms. The van der Waals surface area contributed by atoms with Gasteiger partial charge in [0.05, 0.1) is 0 Å². The molecule has 1 heterocycles. The number of amides is 2. The maximum atomic E-state index is 12.5. The van der Waals surface area contributed by atoms with Gasteiger partial charge >= 0.3 is 0 Å². The van der Waals surface area contributed by atoms with Gasteiger partial charge in [0.1, 0.15) is 18.0 Å². The van der Waals surface area contributed by atoms with E-state index in [2.05, 4.69) is 12.2 Å². The molecule has 132 valence electrons. The number of unbranched alkanes of at least 4 members (excludes halogenated alkanes) is 1. The van der Waals surface area contributed by atoms with Gasteiger partial charge in [-0.3, -0.25) is 9.59 Å². The molecular formula is C17H23ClN2O3S. The molecular weight excluding hydrogens is 348 g/mol. The van der Waals surface area contributed by atoms with Crippen LogP contribution in [0.15, 0.2) is 24.3 Å². The van der Waals surface area contributed by atoms with E-state index in [1.54, 1.807) is 22.7 Å². The first-order valence-corrected chi connectivity index (χ1v) is 9.46. The van der Waals surface area contributed by atoms with E-state index >= 15 is 0 Å². The molecule has 0 aromatic heterocycles. The van der Waals surface area contributed by atoms with Crippen LogP contribution in [0.5, 0.6) is 0 Å². The highest BCUT2D eigenvalue weighted by molar-refractivity contribution is 7.99. The average molecular weight is 371 g/mol. The van der Waals surface area contributed by atoms with Crippen molar-refractivity contribution in [3.05, 3.63) is 34.9 Å². The van der Waals surface area contributed by atoms with Crippen molar-refractivity contribution < 1.29 is 14.3 Å². The van der Waals surface area contributed by atoms with Gasteiger partial charge in [0.2, 0.25) is 11.8 Å². The van der Waals surface area contributed by atoms with Gasteiger partial charge in [-0.05, 0) is 12.5 Å². The summed E-state index contributed by atoms with van der Waals surface area (Å²) in [5.74, 6) is 0.224. The van der Waals surface area contributed by atoms with Crippen molar-refractivity contribution in [2.45, 2.75) is 31.2 Å². The van der Waals surface area contributed by atoms with Gasteiger partial charge in [0.15, 0.2) is 0 Å². The number of carbonyl (C=O) groups excluding carboxylic acids is 2. The Hall–Kier alpha value is -1.24. The average Bonchev–Trinajstić information content (AvgIpc) is 3.00. The molecule has 1 aliphatic rings. The molecule has 1 aromatic rings. The zero-order chi connectivity index (χ0) is 17.5. The summed E-state index contributed by atoms with van der Waals surface area (Å²) in [4.78, 5) is 26.7. The van der Waals surface area contributed by atoms with Crippen LogP contribution in [0.2, 0.25) is 5.02 Å². The minimum Gasteiger partial charge on any atom is -0.375 e. The molecule has 0 aliphatic carbocycles. The van der Waals surface area contributed by atoms with Crippen molar-refractivity contribution in [3.8, 4) is 0 Å². The number of nitrogens with zero attached hydrogens (tertiary/aromatic N) is 1. The Bertz CT molecular complexity index is 585. The first kappa shape index (κ1) is 19.1. The van der Waals surface area contributed by atoms with E-state index in [0.717, 1.165) is 18.4 Å². The molecule has 1 saturated heterocycles. The number of methoxy groups -OCH3 is 1. The monoisotopic (exact) mass is 370 g/mol. The van der Waals surface area contributed by atoms with Gasteiger partial charge in [0, 0.05) is 30.0 Å². The second-order valence-corrected chi connectivity index (χ2v) is 7.12. The first-order valence-electron chi connectivity index (χ1n) is 8.04. The summed E-state index contributed by atoms with van der Waals surface area (Å²) in [6, 6.07) is 6.92. The molecule has 7 heteroatoms. The molecule has 0 unspecified atom stereocenters. The summed E-state index contributed by atoms with van der Waals surface area (Å²) < 4.78 is 4.99. The van der Waals surface area contributed by atoms with Crippen molar-refractivity contribution in [1.82, 2.24) is 10.2 Å². The summed E-state index contributed by atoms with van der Waals surface area (Å²) in [6.07, 6.45) is 1.93. The van der Waals surface area contributed by atoms with Crippen LogP contribution in [0.3, 0.4) is 0 Å². The third-order valence-electron chi connectivity index (χ3n) is 3.86. The molecule has 2 rings (SSSR count). The van der Waals surface area contributed by atoms with Crippen LogP contribution >= 0.6 is 23.4 Å². The molecule has 2 atom stereocenters. The number of benzene rings is 1. The molecule has 0 bridgehead atoms. The number of halogens is 1. The highest BCUT2D eigenvalue weighted by Gasteiger charge is 2.42. The number of hydrogen-bond donors (Lipinski definition) is 1. The van der Waals surface area contributed by atoms with E-state index in [9.17, 15) is 9.59 Å². The quantitative estimate of drug-likeness (QED) is 0.750. The lowest BCUT2D eigenvalue weighted by Crippen LogP contribution is -2.49. The molecule has 1 aliphatic heterocycles. The summed E-state index contributed by atoms with van der Waals surface area (Å²) in [6.45, 7) is 2.64. The number of carbonyl (C=O) groups is 2. The van der Waals surface area contributed by atoms with Gasteiger partial charge in [-0.2, -0.15) is 0 Å². The Balaban J connectivity index is 2.21. The van der Waals surface area contributed by atoms with Crippen molar-refractivity contribution in [2.24, 2.45) is 0 Å². The van der Waals surface area contributed by atoms with E-state index in [1.165, 1.54) is 7.11 Å². The number of nitrogens with one attached hydrogen (secondary N) is 1. The van der Waals surface area contributed by atoms with Gasteiger partial charge < -0.3 is 15.0 Å². The van der Waals surface area contributed by atoms with Crippen LogP contribution < -0.4 is 5.32 Å². The minimum atomic E-state index is -0.504. The molecule has 0 spiro atoms. The van der Waals surface area contributed by atoms with Crippen LogP contribution in [-0.2, 0) is 14.3 Å². The number of rotatable bonds is 7. The molecule has 0 saturated carbocycles. The largest absolute Gasteiger partial charge is 0.375 e. The van der Waals surface area contributed by atoms with Crippen molar-refractivity contribution in [1.29, 1.82) is 0 Å². The summed E-state index contributed by atoms with van der Waals surface area (Å²) >= 11 is 7.85. The predicted molar refractivity (Wildman–Crippen MR) is 97.1 cm³/mol. The zero-order valence-corrected chi connectivity index (χ0v) is 15.5. The summed E-state index contributed by atoms with van der Waals surface area (Å²) in [5.41, 5.74) is 0.845. The molecule has 1 N–H and O–H groups in total. The van der Waals surface area contributed by atoms with Crippen molar-refractivity contribution >= 4 is 35.2 Å². The third-order valence-corrected chi connectivity index (χ3v) is 5.51. The van der Waals surface area contributed by atoms with E-state index in [4.69, 9.17) is 16.3 Å². The van der Waals surface area contributed by atoms with E-state index in [1.807, 2.05) is 18.2 Å². The topological polar surface area (TPSA) is 58.6 Å². The maximum Gasteiger partial charge on any atom is 0.250 e. The van der Waals surface area contributed by atoms with E-state index < -0.39 is 6.04 Å². The fraction of sp³-hybridized carbons (Fsp3) is 0.529. The smallest absolute Gasteiger partial charge is 0.250 e. The first-order chi connectivity index (χ1) is 11.6. The lowest BCUT2D eigenvalue weighted by Gasteiger charge is -2.29. The van der Waals surface area contributed by atoms with Crippen LogP contribution in [-0.4, -0.2) is 48.8 Å². The van der Waals surface area contributed by atoms with Gasteiger partial charge in [-0.1, -0.05) is 43.1 Å². The molecule has 2 amide bonds. The fourth-order valence-electron chi connectivity index (χ4n) is 2.63. The Labute approximate surface area is 152 Å². The van der Waals surface area contributed by atoms with Crippen molar-refractivity contribution in [2.75, 3.05) is 26.0 Å².